The van der Waals surface area contributed by atoms with Crippen LogP contribution in [0.4, 0.5) is 5.69 Å². The minimum absolute atomic E-state index is 0.0185. The number of anilines is 1. The summed E-state index contributed by atoms with van der Waals surface area (Å²) in [5.41, 5.74) is 0.896. The molecule has 2 fully saturated rings. The lowest BCUT2D eigenvalue weighted by Crippen LogP contribution is -2.54. The smallest absolute Gasteiger partial charge is 0.257 e. The van der Waals surface area contributed by atoms with E-state index in [1.54, 1.807) is 30.1 Å². The van der Waals surface area contributed by atoms with Crippen molar-refractivity contribution in [2.45, 2.75) is 50.4 Å². The molecule has 1 aromatic carbocycles. The standard InChI is InChI=1S/C23H31N3O6/c1-26-18-7-6-16(10-21(27)24-11-14-3-4-14)32-20(18)12-31-19-8-5-15(9-17(19)23(26)29)25-22(28)13-30-2/h5,8-9,14,16,18,20H,3-4,6-7,10-13H2,1-2H3,(H,24,27)(H,25,28)/t16-,18-,20+/m1/s1. The fourth-order valence-corrected chi connectivity index (χ4v) is 4.29. The van der Waals surface area contributed by atoms with Crippen LogP contribution in [0, 0.1) is 5.92 Å². The van der Waals surface area contributed by atoms with E-state index in [2.05, 4.69) is 10.6 Å². The van der Waals surface area contributed by atoms with Crippen molar-refractivity contribution < 1.29 is 28.6 Å². The monoisotopic (exact) mass is 445 g/mol. The number of fused-ring (bicyclic) bond motifs is 2. The van der Waals surface area contributed by atoms with Gasteiger partial charge < -0.3 is 29.7 Å². The van der Waals surface area contributed by atoms with E-state index in [0.717, 1.165) is 13.0 Å². The highest BCUT2D eigenvalue weighted by Crippen LogP contribution is 2.32. The summed E-state index contributed by atoms with van der Waals surface area (Å²) in [6, 6.07) is 4.84. The largest absolute Gasteiger partial charge is 0.490 e. The summed E-state index contributed by atoms with van der Waals surface area (Å²) < 4.78 is 17.0. The molecule has 0 spiro atoms. The molecule has 0 aromatic heterocycles. The Morgan fingerprint density at radius 1 is 1.19 bits per heavy atom. The summed E-state index contributed by atoms with van der Waals surface area (Å²) in [5.74, 6) is 0.612. The maximum Gasteiger partial charge on any atom is 0.257 e. The molecule has 4 rings (SSSR count). The van der Waals surface area contributed by atoms with Gasteiger partial charge in [0.15, 0.2) is 0 Å². The summed E-state index contributed by atoms with van der Waals surface area (Å²) in [6.07, 6.45) is 3.67. The zero-order chi connectivity index (χ0) is 22.7. The van der Waals surface area contributed by atoms with E-state index in [1.165, 1.54) is 20.0 Å². The normalized spacial score (nSPS) is 25.0. The third-order valence-corrected chi connectivity index (χ3v) is 6.27. The second-order valence-corrected chi connectivity index (χ2v) is 8.81. The molecule has 9 nitrogen and oxygen atoms in total. The maximum atomic E-state index is 13.2. The summed E-state index contributed by atoms with van der Waals surface area (Å²) in [6.45, 7) is 0.968. The molecule has 0 bridgehead atoms. The lowest BCUT2D eigenvalue weighted by atomic mass is 9.94. The Balaban J connectivity index is 1.41. The molecule has 0 radical (unpaired) electrons. The molecule has 0 unspecified atom stereocenters. The van der Waals surface area contributed by atoms with E-state index >= 15 is 0 Å². The van der Waals surface area contributed by atoms with Crippen LogP contribution in [0.25, 0.3) is 0 Å². The molecule has 2 N–H and O–H groups in total. The third-order valence-electron chi connectivity index (χ3n) is 6.27. The van der Waals surface area contributed by atoms with Crippen LogP contribution in [0.3, 0.4) is 0 Å². The first kappa shape index (κ1) is 22.5. The number of amides is 3. The van der Waals surface area contributed by atoms with Crippen LogP contribution in [0.15, 0.2) is 18.2 Å². The Kier molecular flexibility index (Phi) is 6.95. The molecule has 1 saturated carbocycles. The second kappa shape index (κ2) is 9.87. The van der Waals surface area contributed by atoms with Gasteiger partial charge in [0.2, 0.25) is 11.8 Å². The SMILES string of the molecule is COCC(=O)Nc1ccc2c(c1)C(=O)N(C)[C@@H]1CC[C@H](CC(=O)NCC3CC3)O[C@H]1CO2. The van der Waals surface area contributed by atoms with Crippen molar-refractivity contribution in [2.75, 3.05) is 39.2 Å². The number of rotatable bonds is 7. The molecule has 9 heteroatoms. The molecular weight excluding hydrogens is 414 g/mol. The van der Waals surface area contributed by atoms with Crippen molar-refractivity contribution in [3.05, 3.63) is 23.8 Å². The van der Waals surface area contributed by atoms with Gasteiger partial charge in [0.05, 0.1) is 24.1 Å². The third kappa shape index (κ3) is 5.39. The molecule has 1 aromatic rings. The first-order valence-electron chi connectivity index (χ1n) is 11.2. The predicted molar refractivity (Wildman–Crippen MR) is 117 cm³/mol. The summed E-state index contributed by atoms with van der Waals surface area (Å²) in [5, 5.41) is 5.70. The Hall–Kier alpha value is -2.65. The lowest BCUT2D eigenvalue weighted by Gasteiger charge is -2.42. The lowest BCUT2D eigenvalue weighted by molar-refractivity contribution is -0.134. The number of carbonyl (C=O) groups is 3. The number of nitrogens with one attached hydrogen (secondary N) is 2. The van der Waals surface area contributed by atoms with Crippen LogP contribution in [-0.4, -0.2) is 74.8 Å². The Morgan fingerprint density at radius 2 is 2.00 bits per heavy atom. The molecule has 3 amide bonds. The topological polar surface area (TPSA) is 106 Å². The molecular formula is C23H31N3O6. The van der Waals surface area contributed by atoms with Gasteiger partial charge >= 0.3 is 0 Å². The minimum atomic E-state index is -0.312. The van der Waals surface area contributed by atoms with Gasteiger partial charge in [-0.15, -0.1) is 0 Å². The van der Waals surface area contributed by atoms with Gasteiger partial charge in [-0.2, -0.15) is 0 Å². The van der Waals surface area contributed by atoms with E-state index in [9.17, 15) is 14.4 Å². The number of methoxy groups -OCH3 is 1. The van der Waals surface area contributed by atoms with Gasteiger partial charge in [0.25, 0.3) is 5.91 Å². The second-order valence-electron chi connectivity index (χ2n) is 8.81. The van der Waals surface area contributed by atoms with Crippen molar-refractivity contribution in [1.29, 1.82) is 0 Å². The van der Waals surface area contributed by atoms with Crippen LogP contribution >= 0.6 is 0 Å². The molecule has 1 aliphatic carbocycles. The number of hydrogen-bond donors (Lipinski definition) is 2. The highest BCUT2D eigenvalue weighted by molar-refractivity contribution is 6.00. The first-order valence-corrected chi connectivity index (χ1v) is 11.2. The van der Waals surface area contributed by atoms with Gasteiger partial charge in [0.1, 0.15) is 25.1 Å². The number of hydrogen-bond acceptors (Lipinski definition) is 6. The van der Waals surface area contributed by atoms with Crippen molar-refractivity contribution in [3.8, 4) is 5.75 Å². The molecule has 3 atom stereocenters. The van der Waals surface area contributed by atoms with Crippen LogP contribution in [-0.2, 0) is 19.1 Å². The molecule has 2 heterocycles. The van der Waals surface area contributed by atoms with Crippen molar-refractivity contribution >= 4 is 23.4 Å². The van der Waals surface area contributed by atoms with Crippen LogP contribution < -0.4 is 15.4 Å². The number of likely N-dealkylation sites (N-methyl/N-ethyl adjacent to an activating group) is 1. The van der Waals surface area contributed by atoms with E-state index in [-0.39, 0.29) is 49.2 Å². The Bertz CT molecular complexity index is 871. The van der Waals surface area contributed by atoms with E-state index in [4.69, 9.17) is 14.2 Å². The molecule has 2 aliphatic heterocycles. The Labute approximate surface area is 187 Å². The maximum absolute atomic E-state index is 13.2. The van der Waals surface area contributed by atoms with Crippen molar-refractivity contribution in [2.24, 2.45) is 5.92 Å². The van der Waals surface area contributed by atoms with Gasteiger partial charge in [-0.1, -0.05) is 0 Å². The van der Waals surface area contributed by atoms with Gasteiger partial charge in [-0.25, -0.2) is 0 Å². The summed E-state index contributed by atoms with van der Waals surface area (Å²) >= 11 is 0. The summed E-state index contributed by atoms with van der Waals surface area (Å²) in [4.78, 5) is 38.9. The van der Waals surface area contributed by atoms with Crippen LogP contribution in [0.5, 0.6) is 5.75 Å². The van der Waals surface area contributed by atoms with Gasteiger partial charge in [-0.3, -0.25) is 14.4 Å². The van der Waals surface area contributed by atoms with Crippen molar-refractivity contribution in [1.82, 2.24) is 10.2 Å². The number of nitrogens with zero attached hydrogens (tertiary/aromatic N) is 1. The van der Waals surface area contributed by atoms with Crippen molar-refractivity contribution in [3.63, 3.8) is 0 Å². The molecule has 1 saturated heterocycles. The van der Waals surface area contributed by atoms with Gasteiger partial charge in [0, 0.05) is 26.4 Å². The summed E-state index contributed by atoms with van der Waals surface area (Å²) in [7, 11) is 3.21. The van der Waals surface area contributed by atoms with Gasteiger partial charge in [-0.05, 0) is 49.8 Å². The fraction of sp³-hybridized carbons (Fsp3) is 0.609. The number of carbonyl (C=O) groups excluding carboxylic acids is 3. The zero-order valence-corrected chi connectivity index (χ0v) is 18.6. The quantitative estimate of drug-likeness (QED) is 0.660. The predicted octanol–water partition coefficient (Wildman–Crippen LogP) is 1.57. The average Bonchev–Trinajstić information content (AvgIpc) is 3.60. The number of benzene rings is 1. The fourth-order valence-electron chi connectivity index (χ4n) is 4.29. The van der Waals surface area contributed by atoms with Crippen LogP contribution in [0.2, 0.25) is 0 Å². The Morgan fingerprint density at radius 3 is 2.75 bits per heavy atom. The van der Waals surface area contributed by atoms with E-state index < -0.39 is 0 Å². The highest BCUT2D eigenvalue weighted by Gasteiger charge is 2.39. The minimum Gasteiger partial charge on any atom is -0.490 e. The zero-order valence-electron chi connectivity index (χ0n) is 18.6. The molecule has 174 valence electrons. The molecule has 3 aliphatic rings. The van der Waals surface area contributed by atoms with E-state index in [0.29, 0.717) is 35.8 Å². The average molecular weight is 446 g/mol. The van der Waals surface area contributed by atoms with E-state index in [1.807, 2.05) is 0 Å². The first-order chi connectivity index (χ1) is 15.4. The number of ether oxygens (including phenoxy) is 3. The molecule has 32 heavy (non-hydrogen) atoms. The highest BCUT2D eigenvalue weighted by atomic mass is 16.5. The van der Waals surface area contributed by atoms with Crippen LogP contribution in [0.1, 0.15) is 42.5 Å².